The first kappa shape index (κ1) is 11.0. The third kappa shape index (κ3) is 3.28. The van der Waals surface area contributed by atoms with E-state index in [1.807, 2.05) is 0 Å². The van der Waals surface area contributed by atoms with Gasteiger partial charge in [0.25, 0.3) is 0 Å². The predicted molar refractivity (Wildman–Crippen MR) is 51.0 cm³/mol. The number of hydrogen-bond donors (Lipinski definition) is 3. The first-order valence-electron chi connectivity index (χ1n) is 4.12. The van der Waals surface area contributed by atoms with Crippen LogP contribution in [0.1, 0.15) is 17.3 Å². The van der Waals surface area contributed by atoms with E-state index in [9.17, 15) is 9.59 Å². The summed E-state index contributed by atoms with van der Waals surface area (Å²) in [4.78, 5) is 26.1. The van der Waals surface area contributed by atoms with Gasteiger partial charge in [0.2, 0.25) is 5.91 Å². The van der Waals surface area contributed by atoms with Crippen molar-refractivity contribution in [1.82, 2.24) is 11.0 Å². The highest BCUT2D eigenvalue weighted by Crippen LogP contribution is 2.16. The summed E-state index contributed by atoms with van der Waals surface area (Å²) in [6.07, 6.45) is 0. The molecule has 0 saturated heterocycles. The smallest absolute Gasteiger partial charge is 0.339 e. The van der Waals surface area contributed by atoms with Crippen molar-refractivity contribution in [3.05, 3.63) is 29.8 Å². The van der Waals surface area contributed by atoms with Gasteiger partial charge >= 0.3 is 5.97 Å². The SMILES string of the molecule is CC(=O)NNOc1ccccc1C(=O)O. The van der Waals surface area contributed by atoms with Gasteiger partial charge in [-0.2, -0.15) is 0 Å². The lowest BCUT2D eigenvalue weighted by Crippen LogP contribution is -2.38. The monoisotopic (exact) mass is 210 g/mol. The average Bonchev–Trinajstić information content (AvgIpc) is 2.17. The van der Waals surface area contributed by atoms with Crippen LogP contribution < -0.4 is 15.9 Å². The van der Waals surface area contributed by atoms with Crippen molar-refractivity contribution in [2.75, 3.05) is 0 Å². The van der Waals surface area contributed by atoms with Crippen molar-refractivity contribution < 1.29 is 19.5 Å². The lowest BCUT2D eigenvalue weighted by atomic mass is 10.2. The molecule has 15 heavy (non-hydrogen) atoms. The van der Waals surface area contributed by atoms with E-state index < -0.39 is 5.97 Å². The molecule has 0 fully saturated rings. The zero-order valence-corrected chi connectivity index (χ0v) is 7.98. The molecule has 3 N–H and O–H groups in total. The summed E-state index contributed by atoms with van der Waals surface area (Å²) in [6, 6.07) is 6.07. The Kier molecular flexibility index (Phi) is 3.64. The Labute approximate surface area is 85.8 Å². The van der Waals surface area contributed by atoms with Gasteiger partial charge in [0.15, 0.2) is 5.75 Å². The van der Waals surface area contributed by atoms with E-state index in [2.05, 4.69) is 11.0 Å². The number of hydrogen-bond acceptors (Lipinski definition) is 4. The summed E-state index contributed by atoms with van der Waals surface area (Å²) >= 11 is 0. The molecule has 0 aliphatic rings. The highest BCUT2D eigenvalue weighted by Gasteiger charge is 2.09. The molecule has 1 amide bonds. The lowest BCUT2D eigenvalue weighted by molar-refractivity contribution is -0.122. The van der Waals surface area contributed by atoms with E-state index in [0.717, 1.165) is 0 Å². The highest BCUT2D eigenvalue weighted by atomic mass is 16.7. The quantitative estimate of drug-likeness (QED) is 0.623. The maximum absolute atomic E-state index is 10.7. The Morgan fingerprint density at radius 2 is 2.00 bits per heavy atom. The van der Waals surface area contributed by atoms with Crippen LogP contribution in [0.5, 0.6) is 5.75 Å². The summed E-state index contributed by atoms with van der Waals surface area (Å²) in [5.74, 6) is -1.32. The van der Waals surface area contributed by atoms with Gasteiger partial charge in [0, 0.05) is 6.92 Å². The molecule has 0 heterocycles. The topological polar surface area (TPSA) is 87.7 Å². The number of nitrogens with one attached hydrogen (secondary N) is 2. The Balaban J connectivity index is 2.67. The van der Waals surface area contributed by atoms with Gasteiger partial charge in [0.05, 0.1) is 0 Å². The van der Waals surface area contributed by atoms with Crippen molar-refractivity contribution >= 4 is 11.9 Å². The van der Waals surface area contributed by atoms with Crippen molar-refractivity contribution in [3.8, 4) is 5.75 Å². The molecule has 0 aromatic heterocycles. The summed E-state index contributed by atoms with van der Waals surface area (Å²) in [5.41, 5.74) is 4.30. The largest absolute Gasteiger partial charge is 0.478 e. The van der Waals surface area contributed by atoms with Gasteiger partial charge in [-0.05, 0) is 12.1 Å². The predicted octanol–water partition coefficient (Wildman–Crippen LogP) is 0.319. The molecule has 0 radical (unpaired) electrons. The Hall–Kier alpha value is -2.08. The van der Waals surface area contributed by atoms with Crippen LogP contribution in [0.2, 0.25) is 0 Å². The fraction of sp³-hybridized carbons (Fsp3) is 0.111. The number of carbonyl (C=O) groups is 2. The number of para-hydroxylation sites is 1. The van der Waals surface area contributed by atoms with Crippen molar-refractivity contribution in [2.45, 2.75) is 6.92 Å². The lowest BCUT2D eigenvalue weighted by Gasteiger charge is -2.08. The molecule has 1 aromatic carbocycles. The van der Waals surface area contributed by atoms with Gasteiger partial charge in [-0.3, -0.25) is 10.2 Å². The van der Waals surface area contributed by atoms with Gasteiger partial charge in [-0.1, -0.05) is 17.7 Å². The summed E-state index contributed by atoms with van der Waals surface area (Å²) in [5, 5.41) is 8.78. The van der Waals surface area contributed by atoms with Crippen LogP contribution >= 0.6 is 0 Å². The van der Waals surface area contributed by atoms with Crippen molar-refractivity contribution in [3.63, 3.8) is 0 Å². The minimum absolute atomic E-state index is 0.00959. The molecule has 0 bridgehead atoms. The van der Waals surface area contributed by atoms with Gasteiger partial charge in [0.1, 0.15) is 5.56 Å². The number of rotatable bonds is 4. The number of hydrazine groups is 1. The molecule has 0 spiro atoms. The van der Waals surface area contributed by atoms with Gasteiger partial charge in [-0.15, -0.1) is 0 Å². The van der Waals surface area contributed by atoms with Crippen LogP contribution in [-0.4, -0.2) is 17.0 Å². The summed E-state index contributed by atoms with van der Waals surface area (Å²) < 4.78 is 0. The van der Waals surface area contributed by atoms with Gasteiger partial charge < -0.3 is 9.94 Å². The molecule has 0 unspecified atom stereocenters. The van der Waals surface area contributed by atoms with E-state index in [-0.39, 0.29) is 17.2 Å². The first-order chi connectivity index (χ1) is 7.11. The Morgan fingerprint density at radius 1 is 1.33 bits per heavy atom. The van der Waals surface area contributed by atoms with E-state index in [0.29, 0.717) is 0 Å². The van der Waals surface area contributed by atoms with Gasteiger partial charge in [-0.25, -0.2) is 4.79 Å². The van der Waals surface area contributed by atoms with Crippen LogP contribution in [0, 0.1) is 0 Å². The van der Waals surface area contributed by atoms with E-state index >= 15 is 0 Å². The maximum Gasteiger partial charge on any atom is 0.339 e. The molecular weight excluding hydrogens is 200 g/mol. The number of amides is 1. The molecular formula is C9H10N2O4. The number of carboxylic acid groups (broad SMARTS) is 1. The highest BCUT2D eigenvalue weighted by molar-refractivity contribution is 5.90. The molecule has 0 atom stereocenters. The standard InChI is InChI=1S/C9H10N2O4/c1-6(12)10-11-15-8-5-3-2-4-7(8)9(13)14/h2-5,11H,1H3,(H,10,12)(H,13,14). The second-order valence-electron chi connectivity index (χ2n) is 2.69. The van der Waals surface area contributed by atoms with Crippen LogP contribution in [0.25, 0.3) is 0 Å². The zero-order valence-electron chi connectivity index (χ0n) is 7.98. The number of benzene rings is 1. The molecule has 80 valence electrons. The van der Waals surface area contributed by atoms with Crippen LogP contribution in [0.4, 0.5) is 0 Å². The fourth-order valence-corrected chi connectivity index (χ4v) is 0.885. The van der Waals surface area contributed by atoms with Crippen molar-refractivity contribution in [2.24, 2.45) is 0 Å². The Bertz CT molecular complexity index is 378. The number of carbonyl (C=O) groups excluding carboxylic acids is 1. The second-order valence-corrected chi connectivity index (χ2v) is 2.69. The minimum Gasteiger partial charge on any atom is -0.478 e. The molecule has 1 aromatic rings. The summed E-state index contributed by atoms with van der Waals surface area (Å²) in [6.45, 7) is 1.29. The third-order valence-corrected chi connectivity index (χ3v) is 1.51. The third-order valence-electron chi connectivity index (χ3n) is 1.51. The van der Waals surface area contributed by atoms with Crippen LogP contribution in [0.15, 0.2) is 24.3 Å². The molecule has 0 aliphatic carbocycles. The van der Waals surface area contributed by atoms with E-state index in [1.165, 1.54) is 19.1 Å². The molecule has 1 rings (SSSR count). The molecule has 6 nitrogen and oxygen atoms in total. The molecule has 0 saturated carbocycles. The van der Waals surface area contributed by atoms with Crippen LogP contribution in [0.3, 0.4) is 0 Å². The number of aromatic carboxylic acids is 1. The Morgan fingerprint density at radius 3 is 2.60 bits per heavy atom. The number of carboxylic acids is 1. The van der Waals surface area contributed by atoms with Crippen molar-refractivity contribution in [1.29, 1.82) is 0 Å². The fourth-order valence-electron chi connectivity index (χ4n) is 0.885. The van der Waals surface area contributed by atoms with Crippen LogP contribution in [-0.2, 0) is 4.79 Å². The summed E-state index contributed by atoms with van der Waals surface area (Å²) in [7, 11) is 0. The zero-order chi connectivity index (χ0) is 11.3. The second kappa shape index (κ2) is 4.97. The normalized spacial score (nSPS) is 9.40. The van der Waals surface area contributed by atoms with E-state index in [4.69, 9.17) is 9.94 Å². The minimum atomic E-state index is -1.10. The molecule has 6 heteroatoms. The average molecular weight is 210 g/mol. The van der Waals surface area contributed by atoms with E-state index in [1.54, 1.807) is 12.1 Å². The first-order valence-corrected chi connectivity index (χ1v) is 4.12. The molecule has 0 aliphatic heterocycles. The maximum atomic E-state index is 10.7.